The van der Waals surface area contributed by atoms with Crippen LogP contribution in [-0.4, -0.2) is 11.3 Å². The molecule has 1 atom stereocenters. The first kappa shape index (κ1) is 14.1. The van der Waals surface area contributed by atoms with Gasteiger partial charge in [-0.25, -0.2) is 0 Å². The zero-order valence-corrected chi connectivity index (χ0v) is 10.1. The van der Waals surface area contributed by atoms with E-state index >= 15 is 0 Å². The van der Waals surface area contributed by atoms with Gasteiger partial charge < -0.3 is 5.32 Å². The molecule has 0 bridgehead atoms. The molecule has 0 aliphatic rings. The molecule has 0 unspecified atom stereocenters. The first-order chi connectivity index (χ1) is 7.71. The van der Waals surface area contributed by atoms with Crippen LogP contribution >= 0.6 is 23.2 Å². The molecule has 0 aromatic heterocycles. The fourth-order valence-corrected chi connectivity index (χ4v) is 1.34. The number of amides is 1. The third kappa shape index (κ3) is 3.78. The highest BCUT2D eigenvalue weighted by atomic mass is 35.5. The summed E-state index contributed by atoms with van der Waals surface area (Å²) in [5.41, 5.74) is -1.00. The summed E-state index contributed by atoms with van der Waals surface area (Å²) in [4.78, 5) is 11.2. The molecule has 17 heavy (non-hydrogen) atoms. The Morgan fingerprint density at radius 3 is 2.47 bits per heavy atom. The van der Waals surface area contributed by atoms with E-state index in [1.54, 1.807) is 0 Å². The summed E-state index contributed by atoms with van der Waals surface area (Å²) < 4.78 is 37.5. The Kier molecular flexibility index (Phi) is 4.27. The summed E-state index contributed by atoms with van der Waals surface area (Å²) in [7, 11) is 0. The van der Waals surface area contributed by atoms with Gasteiger partial charge in [0.25, 0.3) is 0 Å². The van der Waals surface area contributed by atoms with Crippen LogP contribution in [0.4, 0.5) is 18.9 Å². The van der Waals surface area contributed by atoms with Crippen molar-refractivity contribution in [2.24, 2.45) is 0 Å². The first-order valence-corrected chi connectivity index (χ1v) is 5.35. The van der Waals surface area contributed by atoms with Gasteiger partial charge in [-0.2, -0.15) is 13.2 Å². The second-order valence-electron chi connectivity index (χ2n) is 3.30. The normalized spacial score (nSPS) is 13.3. The molecule has 0 radical (unpaired) electrons. The summed E-state index contributed by atoms with van der Waals surface area (Å²) in [6, 6.07) is 3.10. The van der Waals surface area contributed by atoms with E-state index in [2.05, 4.69) is 5.32 Å². The zero-order chi connectivity index (χ0) is 13.2. The third-order valence-electron chi connectivity index (χ3n) is 1.90. The van der Waals surface area contributed by atoms with Gasteiger partial charge in [0.15, 0.2) is 0 Å². The van der Waals surface area contributed by atoms with Crippen LogP contribution < -0.4 is 5.32 Å². The van der Waals surface area contributed by atoms with Gasteiger partial charge in [0.05, 0.1) is 10.6 Å². The minimum Gasteiger partial charge on any atom is -0.325 e. The van der Waals surface area contributed by atoms with E-state index in [0.717, 1.165) is 12.1 Å². The topological polar surface area (TPSA) is 29.1 Å². The van der Waals surface area contributed by atoms with Gasteiger partial charge in [0.1, 0.15) is 5.38 Å². The van der Waals surface area contributed by atoms with E-state index in [1.165, 1.54) is 13.0 Å². The monoisotopic (exact) mass is 285 g/mol. The molecule has 2 nitrogen and oxygen atoms in total. The number of carbonyl (C=O) groups excluding carboxylic acids is 1. The van der Waals surface area contributed by atoms with Gasteiger partial charge in [-0.1, -0.05) is 11.6 Å². The Bertz CT molecular complexity index is 432. The van der Waals surface area contributed by atoms with E-state index in [-0.39, 0.29) is 5.69 Å². The maximum absolute atomic E-state index is 12.5. The Labute approximate surface area is 106 Å². The van der Waals surface area contributed by atoms with Gasteiger partial charge in [-0.15, -0.1) is 11.6 Å². The second kappa shape index (κ2) is 5.14. The van der Waals surface area contributed by atoms with Crippen LogP contribution in [0.2, 0.25) is 5.02 Å². The standard InChI is InChI=1S/C10H8Cl2F3NO/c1-5(11)9(17)16-6-2-3-8(12)7(4-6)10(13,14)15/h2-5H,1H3,(H,16,17)/t5-/m1/s1. The lowest BCUT2D eigenvalue weighted by Gasteiger charge is -2.12. The van der Waals surface area contributed by atoms with Crippen molar-refractivity contribution in [1.29, 1.82) is 0 Å². The molecule has 0 heterocycles. The molecule has 0 saturated carbocycles. The maximum Gasteiger partial charge on any atom is 0.417 e. The number of anilines is 1. The van der Waals surface area contributed by atoms with Gasteiger partial charge in [0.2, 0.25) is 5.91 Å². The van der Waals surface area contributed by atoms with E-state index in [9.17, 15) is 18.0 Å². The van der Waals surface area contributed by atoms with Gasteiger partial charge in [-0.3, -0.25) is 4.79 Å². The number of hydrogen-bond donors (Lipinski definition) is 1. The third-order valence-corrected chi connectivity index (χ3v) is 2.43. The Hall–Kier alpha value is -0.940. The molecule has 1 amide bonds. The minimum atomic E-state index is -4.57. The molecule has 94 valence electrons. The molecule has 0 aliphatic heterocycles. The molecule has 7 heteroatoms. The molecule has 0 aliphatic carbocycles. The molecule has 1 rings (SSSR count). The fraction of sp³-hybridized carbons (Fsp3) is 0.300. The fourth-order valence-electron chi connectivity index (χ4n) is 1.06. The number of alkyl halides is 4. The summed E-state index contributed by atoms with van der Waals surface area (Å²) in [5.74, 6) is -0.581. The van der Waals surface area contributed by atoms with Crippen molar-refractivity contribution in [3.63, 3.8) is 0 Å². The highest BCUT2D eigenvalue weighted by Gasteiger charge is 2.33. The molecule has 0 spiro atoms. The van der Waals surface area contributed by atoms with Crippen molar-refractivity contribution in [3.05, 3.63) is 28.8 Å². The molecule has 0 fully saturated rings. The van der Waals surface area contributed by atoms with Crippen molar-refractivity contribution < 1.29 is 18.0 Å². The van der Waals surface area contributed by atoms with Crippen LogP contribution in [0.25, 0.3) is 0 Å². The predicted octanol–water partition coefficient (Wildman–Crippen LogP) is 3.92. The van der Waals surface area contributed by atoms with Crippen molar-refractivity contribution in [3.8, 4) is 0 Å². The largest absolute Gasteiger partial charge is 0.417 e. The lowest BCUT2D eigenvalue weighted by Crippen LogP contribution is -2.20. The predicted molar refractivity (Wildman–Crippen MR) is 60.4 cm³/mol. The number of halogens is 5. The summed E-state index contributed by atoms with van der Waals surface area (Å²) in [6.45, 7) is 1.41. The van der Waals surface area contributed by atoms with Crippen LogP contribution in [0.5, 0.6) is 0 Å². The highest BCUT2D eigenvalue weighted by Crippen LogP contribution is 2.36. The van der Waals surface area contributed by atoms with E-state index in [0.29, 0.717) is 0 Å². The smallest absolute Gasteiger partial charge is 0.325 e. The molecular formula is C10H8Cl2F3NO. The quantitative estimate of drug-likeness (QED) is 0.820. The maximum atomic E-state index is 12.5. The Morgan fingerprint density at radius 1 is 1.41 bits per heavy atom. The van der Waals surface area contributed by atoms with Gasteiger partial charge in [-0.05, 0) is 25.1 Å². The number of carbonyl (C=O) groups is 1. The van der Waals surface area contributed by atoms with Crippen LogP contribution in [0.15, 0.2) is 18.2 Å². The Balaban J connectivity index is 3.01. The average Bonchev–Trinajstić information content (AvgIpc) is 2.19. The van der Waals surface area contributed by atoms with Crippen LogP contribution in [-0.2, 0) is 11.0 Å². The molecule has 1 aromatic carbocycles. The summed E-state index contributed by atoms with van der Waals surface area (Å²) >= 11 is 10.9. The number of hydrogen-bond acceptors (Lipinski definition) is 1. The number of rotatable bonds is 2. The zero-order valence-electron chi connectivity index (χ0n) is 8.61. The molecule has 0 saturated heterocycles. The lowest BCUT2D eigenvalue weighted by atomic mass is 10.2. The van der Waals surface area contributed by atoms with E-state index in [4.69, 9.17) is 23.2 Å². The van der Waals surface area contributed by atoms with Gasteiger partial charge >= 0.3 is 6.18 Å². The number of nitrogens with one attached hydrogen (secondary N) is 1. The van der Waals surface area contributed by atoms with Gasteiger partial charge in [0, 0.05) is 5.69 Å². The van der Waals surface area contributed by atoms with E-state index < -0.39 is 28.0 Å². The lowest BCUT2D eigenvalue weighted by molar-refractivity contribution is -0.137. The van der Waals surface area contributed by atoms with Crippen molar-refractivity contribution >= 4 is 34.8 Å². The second-order valence-corrected chi connectivity index (χ2v) is 4.36. The summed E-state index contributed by atoms with van der Waals surface area (Å²) in [6.07, 6.45) is -4.57. The highest BCUT2D eigenvalue weighted by molar-refractivity contribution is 6.32. The average molecular weight is 286 g/mol. The van der Waals surface area contributed by atoms with Crippen molar-refractivity contribution in [1.82, 2.24) is 0 Å². The molecule has 1 aromatic rings. The summed E-state index contributed by atoms with van der Waals surface area (Å²) in [5, 5.41) is 0.996. The molecular weight excluding hydrogens is 278 g/mol. The van der Waals surface area contributed by atoms with Crippen LogP contribution in [0.1, 0.15) is 12.5 Å². The van der Waals surface area contributed by atoms with Crippen molar-refractivity contribution in [2.45, 2.75) is 18.5 Å². The SMILES string of the molecule is C[C@@H](Cl)C(=O)Nc1ccc(Cl)c(C(F)(F)F)c1. The number of benzene rings is 1. The first-order valence-electron chi connectivity index (χ1n) is 4.53. The molecule has 1 N–H and O–H groups in total. The minimum absolute atomic E-state index is 0.000718. The van der Waals surface area contributed by atoms with Crippen LogP contribution in [0, 0.1) is 0 Å². The Morgan fingerprint density at radius 2 is 2.00 bits per heavy atom. The van der Waals surface area contributed by atoms with E-state index in [1.807, 2.05) is 0 Å². The van der Waals surface area contributed by atoms with Crippen molar-refractivity contribution in [2.75, 3.05) is 5.32 Å². The van der Waals surface area contributed by atoms with Crippen LogP contribution in [0.3, 0.4) is 0 Å².